The normalized spacial score (nSPS) is 16.6. The van der Waals surface area contributed by atoms with Crippen LogP contribution in [0.3, 0.4) is 0 Å². The van der Waals surface area contributed by atoms with Crippen molar-refractivity contribution in [3.8, 4) is 5.75 Å². The molecule has 2 aromatic carbocycles. The summed E-state index contributed by atoms with van der Waals surface area (Å²) in [7, 11) is 0. The number of benzene rings is 2. The molecular formula is C21H17F5N2O3. The number of ether oxygens (including phenoxy) is 1. The van der Waals surface area contributed by atoms with Gasteiger partial charge in [-0.1, -0.05) is 18.2 Å². The molecule has 0 aromatic heterocycles. The summed E-state index contributed by atoms with van der Waals surface area (Å²) in [4.78, 5) is 25.5. The Bertz CT molecular complexity index is 1050. The number of Topliss-reactive ketones (excluding diaryl/α,β-unsaturated/α-hetero) is 1. The second-order valence-electron chi connectivity index (χ2n) is 7.05. The van der Waals surface area contributed by atoms with Gasteiger partial charge in [0.15, 0.2) is 11.6 Å². The summed E-state index contributed by atoms with van der Waals surface area (Å²) in [6.07, 6.45) is -0.301. The zero-order valence-corrected chi connectivity index (χ0v) is 16.4. The molecule has 0 saturated carbocycles. The number of halogens is 5. The molecule has 3 rings (SSSR count). The molecule has 1 heterocycles. The predicted molar refractivity (Wildman–Crippen MR) is 102 cm³/mol. The van der Waals surface area contributed by atoms with E-state index in [1.807, 2.05) is 0 Å². The van der Waals surface area contributed by atoms with Gasteiger partial charge in [0, 0.05) is 25.0 Å². The van der Waals surface area contributed by atoms with Gasteiger partial charge in [0.05, 0.1) is 5.71 Å². The number of hydrogen-bond acceptors (Lipinski definition) is 4. The van der Waals surface area contributed by atoms with Crippen LogP contribution in [0.2, 0.25) is 0 Å². The Morgan fingerprint density at radius 1 is 1.23 bits per heavy atom. The maximum atomic E-state index is 14.3. The molecule has 0 saturated heterocycles. The van der Waals surface area contributed by atoms with E-state index < -0.39 is 41.7 Å². The fraction of sp³-hybridized carbons (Fsp3) is 0.286. The van der Waals surface area contributed by atoms with Crippen molar-refractivity contribution in [3.63, 3.8) is 0 Å². The molecule has 0 fully saturated rings. The number of amides is 1. The molecule has 0 N–H and O–H groups in total. The topological polar surface area (TPSA) is 59.0 Å². The van der Waals surface area contributed by atoms with Crippen LogP contribution in [0.1, 0.15) is 25.0 Å². The molecule has 31 heavy (non-hydrogen) atoms. The number of anilines is 1. The lowest BCUT2D eigenvalue weighted by molar-refractivity contribution is -0.128. The Balaban J connectivity index is 1.79. The lowest BCUT2D eigenvalue weighted by Crippen LogP contribution is -2.34. The summed E-state index contributed by atoms with van der Waals surface area (Å²) in [6, 6.07) is 8.02. The highest BCUT2D eigenvalue weighted by Gasteiger charge is 2.40. The highest BCUT2D eigenvalue weighted by molar-refractivity contribution is 6.27. The quantitative estimate of drug-likeness (QED) is 0.464. The van der Waals surface area contributed by atoms with Crippen molar-refractivity contribution < 1.29 is 36.3 Å². The molecule has 0 bridgehead atoms. The third kappa shape index (κ3) is 4.89. The highest BCUT2D eigenvalue weighted by Crippen LogP contribution is 2.31. The first kappa shape index (κ1) is 22.4. The van der Waals surface area contributed by atoms with Crippen molar-refractivity contribution >= 4 is 23.1 Å². The molecule has 1 amide bonds. The number of ketones is 1. The second-order valence-corrected chi connectivity index (χ2v) is 7.05. The van der Waals surface area contributed by atoms with Crippen LogP contribution in [0.25, 0.3) is 0 Å². The van der Waals surface area contributed by atoms with Gasteiger partial charge in [-0.05, 0) is 30.7 Å². The van der Waals surface area contributed by atoms with Crippen molar-refractivity contribution in [2.24, 2.45) is 11.0 Å². The molecule has 10 heteroatoms. The Kier molecular flexibility index (Phi) is 6.10. The van der Waals surface area contributed by atoms with E-state index in [4.69, 9.17) is 0 Å². The number of rotatable bonds is 7. The molecule has 0 radical (unpaired) electrons. The minimum atomic E-state index is -3.15. The predicted octanol–water partition coefficient (Wildman–Crippen LogP) is 4.69. The molecule has 0 aliphatic carbocycles. The molecule has 1 atom stereocenters. The van der Waals surface area contributed by atoms with Crippen LogP contribution < -0.4 is 9.75 Å². The van der Waals surface area contributed by atoms with Gasteiger partial charge in [-0.25, -0.2) is 13.2 Å². The van der Waals surface area contributed by atoms with Gasteiger partial charge in [-0.15, -0.1) is 0 Å². The lowest BCUT2D eigenvalue weighted by Gasteiger charge is -2.16. The van der Waals surface area contributed by atoms with E-state index >= 15 is 0 Å². The Hall–Kier alpha value is -3.30. The lowest BCUT2D eigenvalue weighted by atomic mass is 9.93. The van der Waals surface area contributed by atoms with Crippen molar-refractivity contribution in [2.75, 3.05) is 5.01 Å². The van der Waals surface area contributed by atoms with Gasteiger partial charge in [0.25, 0.3) is 11.8 Å². The first-order chi connectivity index (χ1) is 14.5. The Labute approximate surface area is 174 Å². The van der Waals surface area contributed by atoms with Crippen molar-refractivity contribution in [3.05, 3.63) is 59.4 Å². The van der Waals surface area contributed by atoms with Gasteiger partial charge in [0.1, 0.15) is 17.4 Å². The second kappa shape index (κ2) is 8.44. The zero-order chi connectivity index (χ0) is 22.9. The average molecular weight is 440 g/mol. The van der Waals surface area contributed by atoms with Gasteiger partial charge < -0.3 is 4.74 Å². The number of carbonyl (C=O) groups excluding carboxylic acids is 2. The Morgan fingerprint density at radius 3 is 2.55 bits per heavy atom. The maximum absolute atomic E-state index is 14.3. The van der Waals surface area contributed by atoms with Crippen molar-refractivity contribution in [2.45, 2.75) is 32.8 Å². The smallest absolute Gasteiger partial charge is 0.387 e. The van der Waals surface area contributed by atoms with Crippen LogP contribution in [0, 0.1) is 11.7 Å². The van der Waals surface area contributed by atoms with Crippen LogP contribution in [-0.2, 0) is 21.9 Å². The van der Waals surface area contributed by atoms with Crippen LogP contribution in [0.5, 0.6) is 5.75 Å². The third-order valence-corrected chi connectivity index (χ3v) is 4.64. The fourth-order valence-corrected chi connectivity index (χ4v) is 3.20. The van der Waals surface area contributed by atoms with Crippen LogP contribution in [0.15, 0.2) is 47.6 Å². The van der Waals surface area contributed by atoms with Crippen LogP contribution >= 0.6 is 0 Å². The van der Waals surface area contributed by atoms with Gasteiger partial charge in [-0.3, -0.25) is 9.59 Å². The van der Waals surface area contributed by atoms with E-state index in [-0.39, 0.29) is 23.4 Å². The molecule has 5 nitrogen and oxygen atoms in total. The van der Waals surface area contributed by atoms with E-state index in [9.17, 15) is 31.5 Å². The van der Waals surface area contributed by atoms with Crippen LogP contribution in [-0.4, -0.2) is 24.0 Å². The summed E-state index contributed by atoms with van der Waals surface area (Å²) in [6.45, 7) is -1.01. The summed E-state index contributed by atoms with van der Waals surface area (Å²) in [5.74, 6) is -7.32. The summed E-state index contributed by atoms with van der Waals surface area (Å²) < 4.78 is 70.0. The summed E-state index contributed by atoms with van der Waals surface area (Å²) >= 11 is 0. The molecule has 1 aliphatic heterocycles. The number of alkyl halides is 4. The number of carbonyl (C=O) groups is 2. The van der Waals surface area contributed by atoms with E-state index in [0.29, 0.717) is 16.6 Å². The molecular weight excluding hydrogens is 423 g/mol. The Morgan fingerprint density at radius 2 is 1.94 bits per heavy atom. The minimum Gasteiger partial charge on any atom is -0.435 e. The highest BCUT2D eigenvalue weighted by atomic mass is 19.3. The largest absolute Gasteiger partial charge is 0.435 e. The van der Waals surface area contributed by atoms with E-state index in [1.165, 1.54) is 31.2 Å². The molecule has 164 valence electrons. The van der Waals surface area contributed by atoms with E-state index in [2.05, 4.69) is 9.84 Å². The zero-order valence-electron chi connectivity index (χ0n) is 16.4. The average Bonchev–Trinajstić information content (AvgIpc) is 2.95. The summed E-state index contributed by atoms with van der Waals surface area (Å²) in [5, 5.41) is 4.60. The third-order valence-electron chi connectivity index (χ3n) is 4.64. The molecule has 1 unspecified atom stereocenters. The first-order valence-electron chi connectivity index (χ1n) is 9.10. The van der Waals surface area contributed by atoms with Gasteiger partial charge >= 0.3 is 6.61 Å². The molecule has 0 spiro atoms. The standard InChI is InChI=1S/C21H17F5N2O3/c1-11-18(17(29)9-12-4-3-5-13(8-12)21(2,25)26)19(30)28(27-11)16-7-6-14(10-15(16)22)31-20(23)24/h3-8,10,18,20H,9H2,1-2H3. The number of hydrazone groups is 1. The van der Waals surface area contributed by atoms with Crippen molar-refractivity contribution in [1.82, 2.24) is 0 Å². The van der Waals surface area contributed by atoms with E-state index in [0.717, 1.165) is 19.1 Å². The monoisotopic (exact) mass is 440 g/mol. The summed E-state index contributed by atoms with van der Waals surface area (Å²) in [5.41, 5.74) is -0.216. The number of hydrogen-bond donors (Lipinski definition) is 0. The molecule has 1 aliphatic rings. The van der Waals surface area contributed by atoms with Gasteiger partial charge in [0.2, 0.25) is 0 Å². The van der Waals surface area contributed by atoms with Gasteiger partial charge in [-0.2, -0.15) is 18.9 Å². The van der Waals surface area contributed by atoms with Crippen LogP contribution in [0.4, 0.5) is 27.6 Å². The number of nitrogens with zero attached hydrogens (tertiary/aromatic N) is 2. The minimum absolute atomic E-state index is 0.0966. The SMILES string of the molecule is CC1=NN(c2ccc(OC(F)F)cc2F)C(=O)C1C(=O)Cc1cccc(C(C)(F)F)c1. The molecule has 2 aromatic rings. The maximum Gasteiger partial charge on any atom is 0.387 e. The van der Waals surface area contributed by atoms with E-state index in [1.54, 1.807) is 0 Å². The first-order valence-corrected chi connectivity index (χ1v) is 9.10. The van der Waals surface area contributed by atoms with Crippen molar-refractivity contribution in [1.29, 1.82) is 0 Å². The fourth-order valence-electron chi connectivity index (χ4n) is 3.20.